The number of aryl methyl sites for hydroxylation is 1. The molecule has 4 aromatic heterocycles. The van der Waals surface area contributed by atoms with Gasteiger partial charge >= 0.3 is 0 Å². The van der Waals surface area contributed by atoms with Crippen LogP contribution in [0, 0.1) is 0 Å². The first-order valence-corrected chi connectivity index (χ1v) is 10.5. The van der Waals surface area contributed by atoms with Gasteiger partial charge in [0.2, 0.25) is 0 Å². The zero-order valence-corrected chi connectivity index (χ0v) is 19.0. The van der Waals surface area contributed by atoms with Crippen LogP contribution >= 0.6 is 0 Å². The molecular formula is C24H22N8O2. The Balaban J connectivity index is 1.62. The third-order valence-electron chi connectivity index (χ3n) is 5.24. The molecule has 0 unspecified atom stereocenters. The maximum absolute atomic E-state index is 5.48. The van der Waals surface area contributed by atoms with Crippen molar-refractivity contribution < 1.29 is 9.47 Å². The van der Waals surface area contributed by atoms with E-state index in [0.29, 0.717) is 46.5 Å². The molecule has 0 radical (unpaired) electrons. The highest BCUT2D eigenvalue weighted by Gasteiger charge is 2.17. The number of rotatable bonds is 7. The Morgan fingerprint density at radius 2 is 1.68 bits per heavy atom. The van der Waals surface area contributed by atoms with E-state index in [1.54, 1.807) is 49.8 Å². The van der Waals surface area contributed by atoms with Crippen LogP contribution in [0.4, 0.5) is 11.5 Å². The van der Waals surface area contributed by atoms with E-state index < -0.39 is 0 Å². The van der Waals surface area contributed by atoms with Gasteiger partial charge in [-0.25, -0.2) is 19.9 Å². The second kappa shape index (κ2) is 9.10. The normalized spacial score (nSPS) is 10.9. The Morgan fingerprint density at radius 3 is 2.35 bits per heavy atom. The van der Waals surface area contributed by atoms with Gasteiger partial charge in [-0.2, -0.15) is 5.10 Å². The Bertz CT molecular complexity index is 1420. The summed E-state index contributed by atoms with van der Waals surface area (Å²) in [4.78, 5) is 24.9. The SMILES string of the molecule is COc1cc(OC)cc(N(Cc2ncccn2)c2ccc3ncc(-c4cnn(C)c4)nc3n2)c1. The molecule has 0 fully saturated rings. The van der Waals surface area contributed by atoms with Crippen molar-refractivity contribution in [3.05, 3.63) is 73.2 Å². The van der Waals surface area contributed by atoms with Crippen molar-refractivity contribution in [1.29, 1.82) is 0 Å². The largest absolute Gasteiger partial charge is 0.497 e. The number of aromatic nitrogens is 7. The van der Waals surface area contributed by atoms with E-state index in [4.69, 9.17) is 19.4 Å². The van der Waals surface area contributed by atoms with Crippen molar-refractivity contribution >= 4 is 22.7 Å². The number of hydrogen-bond acceptors (Lipinski definition) is 9. The highest BCUT2D eigenvalue weighted by molar-refractivity contribution is 5.77. The fraction of sp³-hybridized carbons (Fsp3) is 0.167. The molecule has 0 atom stereocenters. The van der Waals surface area contributed by atoms with E-state index in [-0.39, 0.29) is 0 Å². The molecule has 10 heteroatoms. The number of ether oxygens (including phenoxy) is 2. The third kappa shape index (κ3) is 4.33. The first-order chi connectivity index (χ1) is 16.6. The zero-order valence-electron chi connectivity index (χ0n) is 19.0. The number of nitrogens with zero attached hydrogens (tertiary/aromatic N) is 8. The molecule has 0 N–H and O–H groups in total. The molecule has 1 aromatic carbocycles. The van der Waals surface area contributed by atoms with Gasteiger partial charge in [0, 0.05) is 49.4 Å². The lowest BCUT2D eigenvalue weighted by atomic mass is 10.2. The summed E-state index contributed by atoms with van der Waals surface area (Å²) in [6, 6.07) is 11.2. The summed E-state index contributed by atoms with van der Waals surface area (Å²) in [7, 11) is 5.10. The van der Waals surface area contributed by atoms with Gasteiger partial charge in [0.25, 0.3) is 0 Å². The number of benzene rings is 1. The molecule has 0 saturated heterocycles. The molecule has 0 aliphatic heterocycles. The lowest BCUT2D eigenvalue weighted by molar-refractivity contribution is 0.394. The van der Waals surface area contributed by atoms with Crippen LogP contribution < -0.4 is 14.4 Å². The summed E-state index contributed by atoms with van der Waals surface area (Å²) in [5.41, 5.74) is 3.59. The van der Waals surface area contributed by atoms with E-state index >= 15 is 0 Å². The topological polar surface area (TPSA) is 104 Å². The van der Waals surface area contributed by atoms with Crippen LogP contribution in [-0.4, -0.2) is 48.9 Å². The summed E-state index contributed by atoms with van der Waals surface area (Å²) in [5.74, 6) is 2.62. The molecule has 5 rings (SSSR count). The smallest absolute Gasteiger partial charge is 0.180 e. The third-order valence-corrected chi connectivity index (χ3v) is 5.24. The molecule has 0 amide bonds. The molecular weight excluding hydrogens is 432 g/mol. The van der Waals surface area contributed by atoms with Crippen LogP contribution in [0.3, 0.4) is 0 Å². The maximum atomic E-state index is 5.48. The quantitative estimate of drug-likeness (QED) is 0.365. The molecule has 170 valence electrons. The van der Waals surface area contributed by atoms with Crippen molar-refractivity contribution in [1.82, 2.24) is 34.7 Å². The van der Waals surface area contributed by atoms with Crippen molar-refractivity contribution in [2.75, 3.05) is 19.1 Å². The van der Waals surface area contributed by atoms with Gasteiger partial charge in [-0.05, 0) is 18.2 Å². The van der Waals surface area contributed by atoms with Crippen molar-refractivity contribution in [3.63, 3.8) is 0 Å². The number of fused-ring (bicyclic) bond motifs is 1. The summed E-state index contributed by atoms with van der Waals surface area (Å²) in [5, 5.41) is 4.22. The van der Waals surface area contributed by atoms with Crippen molar-refractivity contribution in [3.8, 4) is 22.8 Å². The Morgan fingerprint density at radius 1 is 0.912 bits per heavy atom. The van der Waals surface area contributed by atoms with Gasteiger partial charge in [-0.1, -0.05) is 0 Å². The molecule has 0 spiro atoms. The van der Waals surface area contributed by atoms with Gasteiger partial charge in [0.15, 0.2) is 5.65 Å². The summed E-state index contributed by atoms with van der Waals surface area (Å²) >= 11 is 0. The molecule has 4 heterocycles. The Hall–Kier alpha value is -4.60. The highest BCUT2D eigenvalue weighted by atomic mass is 16.5. The van der Waals surface area contributed by atoms with Gasteiger partial charge in [-0.3, -0.25) is 9.67 Å². The Labute approximate surface area is 195 Å². The minimum Gasteiger partial charge on any atom is -0.497 e. The van der Waals surface area contributed by atoms with Crippen LogP contribution in [0.15, 0.2) is 67.4 Å². The van der Waals surface area contributed by atoms with E-state index in [1.807, 2.05) is 48.5 Å². The predicted molar refractivity (Wildman–Crippen MR) is 127 cm³/mol. The van der Waals surface area contributed by atoms with Crippen molar-refractivity contribution in [2.24, 2.45) is 7.05 Å². The van der Waals surface area contributed by atoms with Crippen molar-refractivity contribution in [2.45, 2.75) is 6.54 Å². The summed E-state index contributed by atoms with van der Waals surface area (Å²) in [6.07, 6.45) is 8.80. The first kappa shape index (κ1) is 21.3. The fourth-order valence-electron chi connectivity index (χ4n) is 3.54. The Kier molecular flexibility index (Phi) is 5.69. The van der Waals surface area contributed by atoms with E-state index in [2.05, 4.69) is 20.1 Å². The van der Waals surface area contributed by atoms with Crippen LogP contribution in [0.2, 0.25) is 0 Å². The molecule has 10 nitrogen and oxygen atoms in total. The van der Waals surface area contributed by atoms with Gasteiger partial charge < -0.3 is 14.4 Å². The molecule has 0 aliphatic carbocycles. The average Bonchev–Trinajstić information content (AvgIpc) is 3.33. The molecule has 34 heavy (non-hydrogen) atoms. The van der Waals surface area contributed by atoms with Crippen LogP contribution in [0.1, 0.15) is 5.82 Å². The van der Waals surface area contributed by atoms with Crippen LogP contribution in [0.25, 0.3) is 22.4 Å². The zero-order chi connectivity index (χ0) is 23.5. The summed E-state index contributed by atoms with van der Waals surface area (Å²) < 4.78 is 12.7. The lowest BCUT2D eigenvalue weighted by Gasteiger charge is -2.24. The van der Waals surface area contributed by atoms with E-state index in [1.165, 1.54) is 0 Å². The van der Waals surface area contributed by atoms with Crippen LogP contribution in [-0.2, 0) is 13.6 Å². The highest BCUT2D eigenvalue weighted by Crippen LogP contribution is 2.33. The first-order valence-electron chi connectivity index (χ1n) is 10.5. The monoisotopic (exact) mass is 454 g/mol. The molecule has 0 aliphatic rings. The summed E-state index contributed by atoms with van der Waals surface area (Å²) in [6.45, 7) is 0.380. The average molecular weight is 454 g/mol. The molecule has 0 bridgehead atoms. The predicted octanol–water partition coefficient (Wildman–Crippen LogP) is 3.57. The van der Waals surface area contributed by atoms with Gasteiger partial charge in [0.05, 0.1) is 44.5 Å². The number of hydrogen-bond donors (Lipinski definition) is 0. The maximum Gasteiger partial charge on any atom is 0.180 e. The second-order valence-electron chi connectivity index (χ2n) is 7.49. The number of anilines is 2. The van der Waals surface area contributed by atoms with Crippen LogP contribution in [0.5, 0.6) is 11.5 Å². The minimum atomic E-state index is 0.380. The molecule has 0 saturated carbocycles. The fourth-order valence-corrected chi connectivity index (χ4v) is 3.54. The number of pyridine rings is 1. The standard InChI is InChI=1S/C24H22N8O2/c1-31-14-16(12-28-31)21-13-27-20-5-6-23(30-24(20)29-21)32(15-22-25-7-4-8-26-22)17-9-18(33-2)11-19(10-17)34-3/h4-14H,15H2,1-3H3. The van der Waals surface area contributed by atoms with E-state index in [0.717, 1.165) is 11.3 Å². The second-order valence-corrected chi connectivity index (χ2v) is 7.49. The van der Waals surface area contributed by atoms with E-state index in [9.17, 15) is 0 Å². The van der Waals surface area contributed by atoms with Gasteiger partial charge in [0.1, 0.15) is 28.7 Å². The van der Waals surface area contributed by atoms with Gasteiger partial charge in [-0.15, -0.1) is 0 Å². The molecule has 5 aromatic rings. The number of methoxy groups -OCH3 is 2. The minimum absolute atomic E-state index is 0.380. The lowest BCUT2D eigenvalue weighted by Crippen LogP contribution is -2.19.